The van der Waals surface area contributed by atoms with Gasteiger partial charge in [0.2, 0.25) is 0 Å². The van der Waals surface area contributed by atoms with Crippen LogP contribution in [0.3, 0.4) is 0 Å². The molecule has 1 aromatic heterocycles. The molecule has 0 bridgehead atoms. The van der Waals surface area contributed by atoms with E-state index < -0.39 is 0 Å². The molecule has 0 aliphatic heterocycles. The molecule has 2 nitrogen and oxygen atoms in total. The zero-order valence-corrected chi connectivity index (χ0v) is 6.33. The summed E-state index contributed by atoms with van der Waals surface area (Å²) < 4.78 is 0. The van der Waals surface area contributed by atoms with Crippen LogP contribution >= 0.6 is 0 Å². The number of aliphatic hydroxyl groups is 1. The quantitative estimate of drug-likeness (QED) is 0.549. The number of aliphatic hydroxyl groups excluding tert-OH is 1. The third kappa shape index (κ3) is 2.40. The van der Waals surface area contributed by atoms with Gasteiger partial charge in [-0.25, -0.2) is 0 Å². The Morgan fingerprint density at radius 1 is 1.55 bits per heavy atom. The van der Waals surface area contributed by atoms with Crippen molar-refractivity contribution < 1.29 is 5.11 Å². The number of aryl methyl sites for hydroxylation is 1. The molecule has 1 rings (SSSR count). The van der Waals surface area contributed by atoms with Crippen molar-refractivity contribution in [2.45, 2.75) is 6.92 Å². The van der Waals surface area contributed by atoms with Gasteiger partial charge in [-0.2, -0.15) is 0 Å². The average Bonchev–Trinajstić information content (AvgIpc) is 2.04. The van der Waals surface area contributed by atoms with E-state index in [0.717, 1.165) is 11.3 Å². The SMILES string of the molecule is Cc1ccc(C#CCO)cn1. The van der Waals surface area contributed by atoms with Crippen molar-refractivity contribution in [2.24, 2.45) is 0 Å². The van der Waals surface area contributed by atoms with E-state index >= 15 is 0 Å². The fraction of sp³-hybridized carbons (Fsp3) is 0.222. The number of pyridine rings is 1. The van der Waals surface area contributed by atoms with Crippen molar-refractivity contribution in [3.8, 4) is 11.8 Å². The summed E-state index contributed by atoms with van der Waals surface area (Å²) >= 11 is 0. The molecule has 0 spiro atoms. The van der Waals surface area contributed by atoms with Crippen LogP contribution in [-0.2, 0) is 0 Å². The van der Waals surface area contributed by atoms with Crippen LogP contribution in [0.25, 0.3) is 0 Å². The lowest BCUT2D eigenvalue weighted by molar-refractivity contribution is 0.350. The molecule has 0 fully saturated rings. The largest absolute Gasteiger partial charge is 0.384 e. The fourth-order valence-electron chi connectivity index (χ4n) is 0.683. The van der Waals surface area contributed by atoms with E-state index in [-0.39, 0.29) is 6.61 Å². The van der Waals surface area contributed by atoms with Gasteiger partial charge in [0.05, 0.1) is 0 Å². The monoisotopic (exact) mass is 147 g/mol. The van der Waals surface area contributed by atoms with Crippen molar-refractivity contribution in [3.63, 3.8) is 0 Å². The van der Waals surface area contributed by atoms with Gasteiger partial charge in [0.25, 0.3) is 0 Å². The predicted molar refractivity (Wildman–Crippen MR) is 42.9 cm³/mol. The Balaban J connectivity index is 2.82. The molecule has 2 heteroatoms. The van der Waals surface area contributed by atoms with E-state index in [0.29, 0.717) is 0 Å². The second-order valence-electron chi connectivity index (χ2n) is 2.15. The summed E-state index contributed by atoms with van der Waals surface area (Å²) in [6, 6.07) is 3.77. The first kappa shape index (κ1) is 7.77. The van der Waals surface area contributed by atoms with E-state index in [9.17, 15) is 0 Å². The van der Waals surface area contributed by atoms with Crippen LogP contribution in [0.2, 0.25) is 0 Å². The van der Waals surface area contributed by atoms with Crippen molar-refractivity contribution in [3.05, 3.63) is 29.6 Å². The van der Waals surface area contributed by atoms with Crippen LogP contribution in [0.5, 0.6) is 0 Å². The molecule has 0 unspecified atom stereocenters. The van der Waals surface area contributed by atoms with Crippen LogP contribution in [0.1, 0.15) is 11.3 Å². The minimum atomic E-state index is -0.103. The van der Waals surface area contributed by atoms with Gasteiger partial charge >= 0.3 is 0 Å². The summed E-state index contributed by atoms with van der Waals surface area (Å²) in [5.74, 6) is 5.31. The Hall–Kier alpha value is -1.33. The second-order valence-corrected chi connectivity index (χ2v) is 2.15. The maximum absolute atomic E-state index is 8.39. The Morgan fingerprint density at radius 3 is 2.91 bits per heavy atom. The van der Waals surface area contributed by atoms with Gasteiger partial charge in [0.15, 0.2) is 0 Å². The van der Waals surface area contributed by atoms with E-state index in [2.05, 4.69) is 16.8 Å². The zero-order valence-electron chi connectivity index (χ0n) is 6.33. The number of rotatable bonds is 0. The van der Waals surface area contributed by atoms with Crippen molar-refractivity contribution in [1.82, 2.24) is 4.98 Å². The highest BCUT2D eigenvalue weighted by atomic mass is 16.2. The highest BCUT2D eigenvalue weighted by Gasteiger charge is 1.85. The predicted octanol–water partition coefficient (Wildman–Crippen LogP) is 0.734. The van der Waals surface area contributed by atoms with E-state index in [4.69, 9.17) is 5.11 Å². The number of aromatic nitrogens is 1. The Morgan fingerprint density at radius 2 is 2.36 bits per heavy atom. The van der Waals surface area contributed by atoms with Crippen molar-refractivity contribution >= 4 is 0 Å². The normalized spacial score (nSPS) is 8.55. The summed E-state index contributed by atoms with van der Waals surface area (Å²) in [4.78, 5) is 4.05. The van der Waals surface area contributed by atoms with Gasteiger partial charge in [0, 0.05) is 17.5 Å². The fourth-order valence-corrected chi connectivity index (χ4v) is 0.683. The summed E-state index contributed by atoms with van der Waals surface area (Å²) in [6.07, 6.45) is 1.69. The summed E-state index contributed by atoms with van der Waals surface area (Å²) in [5, 5.41) is 8.39. The van der Waals surface area contributed by atoms with Crippen LogP contribution in [0.4, 0.5) is 0 Å². The molecule has 56 valence electrons. The second kappa shape index (κ2) is 3.75. The molecule has 1 N–H and O–H groups in total. The molecule has 0 aliphatic carbocycles. The lowest BCUT2D eigenvalue weighted by Gasteiger charge is -1.89. The first-order chi connectivity index (χ1) is 5.33. The van der Waals surface area contributed by atoms with Gasteiger partial charge in [0.1, 0.15) is 6.61 Å². The van der Waals surface area contributed by atoms with Crippen LogP contribution in [0.15, 0.2) is 18.3 Å². The molecule has 0 aromatic carbocycles. The standard InChI is InChI=1S/C9H9NO/c1-8-4-5-9(7-10-8)3-2-6-11/h4-5,7,11H,6H2,1H3. The molecular weight excluding hydrogens is 138 g/mol. The van der Waals surface area contributed by atoms with Gasteiger partial charge in [-0.05, 0) is 19.1 Å². The Kier molecular flexibility index (Phi) is 2.65. The van der Waals surface area contributed by atoms with Crippen LogP contribution in [0, 0.1) is 18.8 Å². The summed E-state index contributed by atoms with van der Waals surface area (Å²) in [5.41, 5.74) is 1.81. The third-order valence-corrected chi connectivity index (χ3v) is 1.22. The first-order valence-electron chi connectivity index (χ1n) is 3.35. The molecule has 1 heterocycles. The minimum Gasteiger partial charge on any atom is -0.384 e. The molecule has 0 aliphatic rings. The van der Waals surface area contributed by atoms with E-state index in [1.54, 1.807) is 6.20 Å². The molecule has 11 heavy (non-hydrogen) atoms. The Bertz CT molecular complexity index is 279. The smallest absolute Gasteiger partial charge is 0.104 e. The summed E-state index contributed by atoms with van der Waals surface area (Å²) in [6.45, 7) is 1.82. The van der Waals surface area contributed by atoms with Gasteiger partial charge in [-0.3, -0.25) is 4.98 Å². The van der Waals surface area contributed by atoms with Crippen LogP contribution in [-0.4, -0.2) is 16.7 Å². The highest BCUT2D eigenvalue weighted by Crippen LogP contribution is 1.95. The van der Waals surface area contributed by atoms with Crippen molar-refractivity contribution in [1.29, 1.82) is 0 Å². The van der Waals surface area contributed by atoms with Gasteiger partial charge < -0.3 is 5.11 Å². The minimum absolute atomic E-state index is 0.103. The molecule has 0 radical (unpaired) electrons. The number of hydrogen-bond donors (Lipinski definition) is 1. The Labute approximate surface area is 65.9 Å². The number of hydrogen-bond acceptors (Lipinski definition) is 2. The van der Waals surface area contributed by atoms with E-state index in [1.807, 2.05) is 19.1 Å². The molecule has 0 atom stereocenters. The average molecular weight is 147 g/mol. The number of nitrogens with zero attached hydrogens (tertiary/aromatic N) is 1. The first-order valence-corrected chi connectivity index (χ1v) is 3.35. The molecule has 0 amide bonds. The van der Waals surface area contributed by atoms with E-state index in [1.165, 1.54) is 0 Å². The van der Waals surface area contributed by atoms with Gasteiger partial charge in [-0.1, -0.05) is 11.8 Å². The zero-order chi connectivity index (χ0) is 8.10. The molecule has 0 saturated heterocycles. The van der Waals surface area contributed by atoms with Crippen molar-refractivity contribution in [2.75, 3.05) is 6.61 Å². The van der Waals surface area contributed by atoms with Crippen LogP contribution < -0.4 is 0 Å². The molecule has 1 aromatic rings. The lowest BCUT2D eigenvalue weighted by Crippen LogP contribution is -1.81. The molecular formula is C9H9NO. The van der Waals surface area contributed by atoms with Gasteiger partial charge in [-0.15, -0.1) is 0 Å². The summed E-state index contributed by atoms with van der Waals surface area (Å²) in [7, 11) is 0. The maximum atomic E-state index is 8.39. The highest BCUT2D eigenvalue weighted by molar-refractivity contribution is 5.32. The maximum Gasteiger partial charge on any atom is 0.104 e. The molecule has 0 saturated carbocycles. The topological polar surface area (TPSA) is 33.1 Å². The lowest BCUT2D eigenvalue weighted by atomic mass is 10.2. The third-order valence-electron chi connectivity index (χ3n) is 1.22.